The number of carbonyl (C=O) groups is 2. The van der Waals surface area contributed by atoms with E-state index in [2.05, 4.69) is 4.98 Å². The zero-order valence-corrected chi connectivity index (χ0v) is 17.9. The summed E-state index contributed by atoms with van der Waals surface area (Å²) in [6.07, 6.45) is 0.561. The number of hydrogen-bond acceptors (Lipinski definition) is 7. The molecule has 3 aromatic rings. The fraction of sp³-hybridized carbons (Fsp3) is 0.348. The minimum Gasteiger partial charge on any atom is -0.504 e. The summed E-state index contributed by atoms with van der Waals surface area (Å²) in [5.74, 6) is -2.50. The van der Waals surface area contributed by atoms with Gasteiger partial charge in [0, 0.05) is 20.3 Å². The van der Waals surface area contributed by atoms with Gasteiger partial charge >= 0.3 is 5.97 Å². The molecule has 9 heteroatoms. The number of phenols is 2. The van der Waals surface area contributed by atoms with Crippen molar-refractivity contribution < 1.29 is 29.3 Å². The van der Waals surface area contributed by atoms with Gasteiger partial charge in [0.1, 0.15) is 0 Å². The summed E-state index contributed by atoms with van der Waals surface area (Å²) in [7, 11) is 1.59. The Morgan fingerprint density at radius 1 is 1.16 bits per heavy atom. The molecule has 4 rings (SSSR count). The van der Waals surface area contributed by atoms with Crippen molar-refractivity contribution in [2.75, 3.05) is 31.8 Å². The summed E-state index contributed by atoms with van der Waals surface area (Å²) in [6, 6.07) is 10.9. The first-order valence-corrected chi connectivity index (χ1v) is 10.4. The van der Waals surface area contributed by atoms with Crippen LogP contribution in [0.25, 0.3) is 11.0 Å². The van der Waals surface area contributed by atoms with Crippen LogP contribution < -0.4 is 4.90 Å². The molecule has 0 radical (unpaired) electrons. The molecule has 0 saturated heterocycles. The molecule has 1 amide bonds. The fourth-order valence-electron chi connectivity index (χ4n) is 4.15. The number of para-hydroxylation sites is 2. The minimum atomic E-state index is -1.19. The number of fused-ring (bicyclic) bond motifs is 3. The highest BCUT2D eigenvalue weighted by atomic mass is 16.5. The third-order valence-corrected chi connectivity index (χ3v) is 5.56. The lowest BCUT2D eigenvalue weighted by Crippen LogP contribution is -2.50. The molecule has 0 aliphatic carbocycles. The van der Waals surface area contributed by atoms with E-state index in [1.54, 1.807) is 20.1 Å². The van der Waals surface area contributed by atoms with E-state index >= 15 is 0 Å². The number of aromatic hydroxyl groups is 2. The van der Waals surface area contributed by atoms with Crippen LogP contribution in [0.4, 0.5) is 5.95 Å². The van der Waals surface area contributed by atoms with Crippen molar-refractivity contribution in [2.45, 2.75) is 19.4 Å². The highest BCUT2D eigenvalue weighted by Gasteiger charge is 2.47. The lowest BCUT2D eigenvalue weighted by Gasteiger charge is -2.38. The van der Waals surface area contributed by atoms with E-state index in [0.717, 1.165) is 5.52 Å². The number of aromatic nitrogens is 2. The standard InChI is InChI=1S/C23H25N3O6/c1-3-32-22(30)19-20(14-9-10-17(27)18(28)13-14)26-16-8-5-4-7-15(16)24-23(26)25(21(19)29)11-6-12-31-2/h4-5,7-10,13,19-20,27-28H,3,6,11-12H2,1-2H3/t19-,20+/m0/s1. The molecule has 2 atom stereocenters. The number of anilines is 1. The van der Waals surface area contributed by atoms with Gasteiger partial charge in [0.25, 0.3) is 0 Å². The summed E-state index contributed by atoms with van der Waals surface area (Å²) < 4.78 is 12.2. The molecule has 1 aliphatic rings. The van der Waals surface area contributed by atoms with Crippen LogP contribution >= 0.6 is 0 Å². The molecular weight excluding hydrogens is 414 g/mol. The second kappa shape index (κ2) is 8.88. The highest BCUT2D eigenvalue weighted by molar-refractivity contribution is 6.08. The van der Waals surface area contributed by atoms with Gasteiger partial charge < -0.3 is 24.3 Å². The van der Waals surface area contributed by atoms with E-state index in [1.807, 2.05) is 28.8 Å². The van der Waals surface area contributed by atoms with Gasteiger partial charge in [0.05, 0.1) is 23.7 Å². The van der Waals surface area contributed by atoms with Crippen LogP contribution in [0, 0.1) is 5.92 Å². The number of benzene rings is 2. The van der Waals surface area contributed by atoms with Crippen molar-refractivity contribution in [3.8, 4) is 11.5 Å². The Morgan fingerprint density at radius 3 is 2.66 bits per heavy atom. The predicted molar refractivity (Wildman–Crippen MR) is 117 cm³/mol. The Kier molecular flexibility index (Phi) is 6.00. The average Bonchev–Trinajstić information content (AvgIpc) is 3.16. The van der Waals surface area contributed by atoms with Crippen LogP contribution in [-0.4, -0.2) is 58.5 Å². The first kappa shape index (κ1) is 21.6. The van der Waals surface area contributed by atoms with Gasteiger partial charge in [-0.1, -0.05) is 18.2 Å². The summed E-state index contributed by atoms with van der Waals surface area (Å²) in [5, 5.41) is 19.9. The van der Waals surface area contributed by atoms with Crippen LogP contribution in [0.5, 0.6) is 11.5 Å². The summed E-state index contributed by atoms with van der Waals surface area (Å²) in [6.45, 7) is 2.57. The van der Waals surface area contributed by atoms with Crippen LogP contribution in [0.2, 0.25) is 0 Å². The average molecular weight is 439 g/mol. The molecule has 0 fully saturated rings. The molecule has 0 bridgehead atoms. The normalized spacial score (nSPS) is 18.1. The molecule has 2 N–H and O–H groups in total. The molecule has 0 unspecified atom stereocenters. The number of rotatable bonds is 7. The van der Waals surface area contributed by atoms with Crippen molar-refractivity contribution in [3.05, 3.63) is 48.0 Å². The summed E-state index contributed by atoms with van der Waals surface area (Å²) in [5.41, 5.74) is 1.89. The molecule has 9 nitrogen and oxygen atoms in total. The number of carbonyl (C=O) groups excluding carboxylic acids is 2. The maximum absolute atomic E-state index is 13.6. The van der Waals surface area contributed by atoms with Crippen molar-refractivity contribution >= 4 is 28.9 Å². The smallest absolute Gasteiger partial charge is 0.321 e. The van der Waals surface area contributed by atoms with Gasteiger partial charge in [0.15, 0.2) is 17.4 Å². The quantitative estimate of drug-likeness (QED) is 0.252. The summed E-state index contributed by atoms with van der Waals surface area (Å²) >= 11 is 0. The SMILES string of the molecule is CCOC(=O)[C@@H]1C(=O)N(CCCOC)c2nc3ccccc3n2[C@@H]1c1ccc(O)c(O)c1. The van der Waals surface area contributed by atoms with Crippen molar-refractivity contribution in [3.63, 3.8) is 0 Å². The fourth-order valence-corrected chi connectivity index (χ4v) is 4.15. The number of hydrogen-bond donors (Lipinski definition) is 2. The van der Waals surface area contributed by atoms with E-state index in [4.69, 9.17) is 9.47 Å². The Balaban J connectivity index is 1.95. The lowest BCUT2D eigenvalue weighted by molar-refractivity contribution is -0.153. The minimum absolute atomic E-state index is 0.122. The number of nitrogens with zero attached hydrogens (tertiary/aromatic N) is 3. The van der Waals surface area contributed by atoms with Gasteiger partial charge in [0.2, 0.25) is 11.9 Å². The van der Waals surface area contributed by atoms with Crippen molar-refractivity contribution in [2.24, 2.45) is 5.92 Å². The molecule has 0 saturated carbocycles. The molecule has 32 heavy (non-hydrogen) atoms. The molecule has 0 spiro atoms. The largest absolute Gasteiger partial charge is 0.504 e. The Morgan fingerprint density at radius 2 is 1.94 bits per heavy atom. The second-order valence-corrected chi connectivity index (χ2v) is 7.53. The van der Waals surface area contributed by atoms with E-state index < -0.39 is 23.8 Å². The topological polar surface area (TPSA) is 114 Å². The third kappa shape index (κ3) is 3.64. The maximum Gasteiger partial charge on any atom is 0.321 e. The monoisotopic (exact) mass is 439 g/mol. The Hall–Kier alpha value is -3.59. The van der Waals surface area contributed by atoms with Crippen molar-refractivity contribution in [1.29, 1.82) is 0 Å². The van der Waals surface area contributed by atoms with Gasteiger partial charge in [-0.3, -0.25) is 14.5 Å². The van der Waals surface area contributed by atoms with Crippen LogP contribution in [-0.2, 0) is 19.1 Å². The van der Waals surface area contributed by atoms with E-state index in [-0.39, 0.29) is 18.1 Å². The van der Waals surface area contributed by atoms with Crippen molar-refractivity contribution in [1.82, 2.24) is 9.55 Å². The first-order chi connectivity index (χ1) is 15.5. The third-order valence-electron chi connectivity index (χ3n) is 5.56. The number of ether oxygens (including phenoxy) is 2. The van der Waals surface area contributed by atoms with Gasteiger partial charge in [-0.2, -0.15) is 0 Å². The van der Waals surface area contributed by atoms with Gasteiger partial charge in [-0.05, 0) is 43.2 Å². The molecule has 1 aliphatic heterocycles. The van der Waals surface area contributed by atoms with E-state index in [1.165, 1.54) is 17.0 Å². The van der Waals surface area contributed by atoms with E-state index in [9.17, 15) is 19.8 Å². The number of methoxy groups -OCH3 is 1. The number of phenolic OH excluding ortho intramolecular Hbond substituents is 2. The lowest BCUT2D eigenvalue weighted by atomic mass is 9.89. The highest BCUT2D eigenvalue weighted by Crippen LogP contribution is 2.42. The zero-order chi connectivity index (χ0) is 22.8. The predicted octanol–water partition coefficient (Wildman–Crippen LogP) is 2.60. The van der Waals surface area contributed by atoms with Gasteiger partial charge in [-0.15, -0.1) is 0 Å². The molecule has 1 aromatic heterocycles. The number of imidazole rings is 1. The van der Waals surface area contributed by atoms with Crippen LogP contribution in [0.3, 0.4) is 0 Å². The Labute approximate surface area is 184 Å². The van der Waals surface area contributed by atoms with Crippen LogP contribution in [0.15, 0.2) is 42.5 Å². The van der Waals surface area contributed by atoms with Gasteiger partial charge in [-0.25, -0.2) is 4.98 Å². The molecular formula is C23H25N3O6. The molecule has 2 heterocycles. The number of esters is 1. The second-order valence-electron chi connectivity index (χ2n) is 7.53. The zero-order valence-electron chi connectivity index (χ0n) is 17.9. The first-order valence-electron chi connectivity index (χ1n) is 10.4. The molecule has 168 valence electrons. The maximum atomic E-state index is 13.6. The van der Waals surface area contributed by atoms with E-state index in [0.29, 0.717) is 36.6 Å². The van der Waals surface area contributed by atoms with Crippen LogP contribution in [0.1, 0.15) is 24.9 Å². The molecule has 2 aromatic carbocycles. The number of amides is 1. The summed E-state index contributed by atoms with van der Waals surface area (Å²) in [4.78, 5) is 32.9. The Bertz CT molecular complexity index is 1160.